The Morgan fingerprint density at radius 2 is 1.94 bits per heavy atom. The summed E-state index contributed by atoms with van der Waals surface area (Å²) in [5.41, 5.74) is 1.76. The number of rotatable bonds is 9. The van der Waals surface area contributed by atoms with Gasteiger partial charge in [0, 0.05) is 37.6 Å². The first-order chi connectivity index (χ1) is 15.1. The Morgan fingerprint density at radius 1 is 1.13 bits per heavy atom. The molecule has 3 rings (SSSR count). The Kier molecular flexibility index (Phi) is 8.17. The van der Waals surface area contributed by atoms with Gasteiger partial charge in [0.2, 0.25) is 0 Å². The van der Waals surface area contributed by atoms with Gasteiger partial charge in [-0.25, -0.2) is 4.99 Å². The Balaban J connectivity index is 1.59. The molecule has 0 fully saturated rings. The second-order valence-corrected chi connectivity index (χ2v) is 8.13. The predicted molar refractivity (Wildman–Crippen MR) is 124 cm³/mol. The van der Waals surface area contributed by atoms with Crippen molar-refractivity contribution in [1.29, 1.82) is 0 Å². The maximum absolute atomic E-state index is 11.8. The van der Waals surface area contributed by atoms with Crippen LogP contribution in [0.15, 0.2) is 46.8 Å². The SMILES string of the molecule is CNC(=O)c1cccc(CCNC(=NCc2nnc(C)n2C)NCCc2cccs2)c1. The van der Waals surface area contributed by atoms with Crippen LogP contribution in [0.25, 0.3) is 0 Å². The molecule has 3 N–H and O–H groups in total. The molecule has 0 radical (unpaired) electrons. The first-order valence-electron chi connectivity index (χ1n) is 10.3. The molecule has 0 spiro atoms. The number of thiophene rings is 1. The highest BCUT2D eigenvalue weighted by Crippen LogP contribution is 2.08. The molecule has 2 heterocycles. The van der Waals surface area contributed by atoms with Gasteiger partial charge in [0.25, 0.3) is 5.91 Å². The Hall–Kier alpha value is -3.20. The minimum absolute atomic E-state index is 0.0775. The molecule has 0 aliphatic heterocycles. The largest absolute Gasteiger partial charge is 0.356 e. The maximum atomic E-state index is 11.8. The normalized spacial score (nSPS) is 11.4. The highest BCUT2D eigenvalue weighted by Gasteiger charge is 2.07. The number of nitrogens with one attached hydrogen (secondary N) is 3. The molecule has 3 aromatic rings. The Labute approximate surface area is 186 Å². The van der Waals surface area contributed by atoms with Gasteiger partial charge in [0.05, 0.1) is 0 Å². The molecule has 1 aromatic carbocycles. The van der Waals surface area contributed by atoms with Gasteiger partial charge in [-0.1, -0.05) is 18.2 Å². The third-order valence-corrected chi connectivity index (χ3v) is 5.86. The second kappa shape index (κ2) is 11.3. The summed E-state index contributed by atoms with van der Waals surface area (Å²) in [7, 11) is 3.58. The van der Waals surface area contributed by atoms with Crippen LogP contribution in [0.5, 0.6) is 0 Å². The molecular formula is C22H29N7OS. The summed E-state index contributed by atoms with van der Waals surface area (Å²) < 4.78 is 1.94. The van der Waals surface area contributed by atoms with Crippen LogP contribution < -0.4 is 16.0 Å². The van der Waals surface area contributed by atoms with Crippen molar-refractivity contribution in [3.05, 3.63) is 69.4 Å². The maximum Gasteiger partial charge on any atom is 0.251 e. The quantitative estimate of drug-likeness (QED) is 0.350. The van der Waals surface area contributed by atoms with Gasteiger partial charge in [-0.15, -0.1) is 21.5 Å². The second-order valence-electron chi connectivity index (χ2n) is 7.10. The lowest BCUT2D eigenvalue weighted by atomic mass is 10.1. The number of carbonyl (C=O) groups is 1. The zero-order chi connectivity index (χ0) is 22.1. The Morgan fingerprint density at radius 3 is 2.61 bits per heavy atom. The molecule has 0 saturated carbocycles. The monoisotopic (exact) mass is 439 g/mol. The number of benzene rings is 1. The van der Waals surface area contributed by atoms with Crippen LogP contribution in [0.2, 0.25) is 0 Å². The first kappa shape index (κ1) is 22.5. The third-order valence-electron chi connectivity index (χ3n) is 4.93. The fraction of sp³-hybridized carbons (Fsp3) is 0.364. The molecule has 0 unspecified atom stereocenters. The molecule has 0 atom stereocenters. The van der Waals surface area contributed by atoms with E-state index in [4.69, 9.17) is 0 Å². The Bertz CT molecular complexity index is 1010. The first-order valence-corrected chi connectivity index (χ1v) is 11.1. The lowest BCUT2D eigenvalue weighted by Gasteiger charge is -2.13. The number of aromatic nitrogens is 3. The van der Waals surface area contributed by atoms with Crippen LogP contribution in [-0.2, 0) is 26.4 Å². The number of amides is 1. The van der Waals surface area contributed by atoms with E-state index in [1.54, 1.807) is 18.4 Å². The summed E-state index contributed by atoms with van der Waals surface area (Å²) in [4.78, 5) is 17.9. The smallest absolute Gasteiger partial charge is 0.251 e. The molecule has 164 valence electrons. The van der Waals surface area contributed by atoms with E-state index in [0.717, 1.165) is 42.6 Å². The van der Waals surface area contributed by atoms with E-state index in [0.29, 0.717) is 18.7 Å². The van der Waals surface area contributed by atoms with E-state index in [-0.39, 0.29) is 5.91 Å². The molecular weight excluding hydrogens is 410 g/mol. The van der Waals surface area contributed by atoms with Crippen LogP contribution in [0.1, 0.15) is 32.4 Å². The van der Waals surface area contributed by atoms with E-state index in [1.165, 1.54) is 4.88 Å². The lowest BCUT2D eigenvalue weighted by Crippen LogP contribution is -2.39. The van der Waals surface area contributed by atoms with Gasteiger partial charge < -0.3 is 20.5 Å². The number of nitrogens with zero attached hydrogens (tertiary/aromatic N) is 4. The van der Waals surface area contributed by atoms with Crippen molar-refractivity contribution in [2.75, 3.05) is 20.1 Å². The van der Waals surface area contributed by atoms with Crippen LogP contribution in [-0.4, -0.2) is 46.8 Å². The number of hydrogen-bond acceptors (Lipinski definition) is 5. The van der Waals surface area contributed by atoms with Gasteiger partial charge in [-0.2, -0.15) is 0 Å². The van der Waals surface area contributed by atoms with E-state index in [1.807, 2.05) is 42.8 Å². The average Bonchev–Trinajstić information content (AvgIpc) is 3.41. The average molecular weight is 440 g/mol. The van der Waals surface area contributed by atoms with E-state index < -0.39 is 0 Å². The van der Waals surface area contributed by atoms with Crippen molar-refractivity contribution in [1.82, 2.24) is 30.7 Å². The topological polar surface area (TPSA) is 96.2 Å². The fourth-order valence-electron chi connectivity index (χ4n) is 3.01. The molecule has 8 nitrogen and oxygen atoms in total. The number of hydrogen-bond donors (Lipinski definition) is 3. The molecule has 9 heteroatoms. The third kappa shape index (κ3) is 6.65. The fourth-order valence-corrected chi connectivity index (χ4v) is 3.72. The van der Waals surface area contributed by atoms with Crippen molar-refractivity contribution < 1.29 is 4.79 Å². The molecule has 1 amide bonds. The van der Waals surface area contributed by atoms with Crippen molar-refractivity contribution in [3.8, 4) is 0 Å². The number of guanidine groups is 1. The molecule has 0 aliphatic carbocycles. The zero-order valence-corrected chi connectivity index (χ0v) is 19.0. The van der Waals surface area contributed by atoms with Crippen molar-refractivity contribution in [2.45, 2.75) is 26.3 Å². The summed E-state index contributed by atoms with van der Waals surface area (Å²) in [5, 5.41) is 19.8. The van der Waals surface area contributed by atoms with Gasteiger partial charge in [-0.3, -0.25) is 4.79 Å². The number of aliphatic imine (C=N–C) groups is 1. The molecule has 2 aromatic heterocycles. The number of aryl methyl sites for hydroxylation is 1. The molecule has 0 saturated heterocycles. The van der Waals surface area contributed by atoms with Crippen molar-refractivity contribution in [3.63, 3.8) is 0 Å². The standard InChI is InChI=1S/C22H29N7OS/c1-16-27-28-20(29(16)3)15-26-22(25-12-10-19-8-5-13-31-19)24-11-9-17-6-4-7-18(14-17)21(30)23-2/h4-8,13-14H,9-12,15H2,1-3H3,(H,23,30)(H2,24,25,26). The van der Waals surface area contributed by atoms with Crippen LogP contribution in [0, 0.1) is 6.92 Å². The summed E-state index contributed by atoms with van der Waals surface area (Å²) in [6, 6.07) is 11.9. The van der Waals surface area contributed by atoms with Crippen LogP contribution in [0.4, 0.5) is 0 Å². The lowest BCUT2D eigenvalue weighted by molar-refractivity contribution is 0.0963. The van der Waals surface area contributed by atoms with Crippen molar-refractivity contribution in [2.24, 2.45) is 12.0 Å². The highest BCUT2D eigenvalue weighted by atomic mass is 32.1. The van der Waals surface area contributed by atoms with E-state index >= 15 is 0 Å². The summed E-state index contributed by atoms with van der Waals surface area (Å²) in [6.07, 6.45) is 1.72. The zero-order valence-electron chi connectivity index (χ0n) is 18.2. The van der Waals surface area contributed by atoms with E-state index in [2.05, 4.69) is 48.7 Å². The minimum Gasteiger partial charge on any atom is -0.356 e. The van der Waals surface area contributed by atoms with Gasteiger partial charge in [-0.05, 0) is 48.9 Å². The summed E-state index contributed by atoms with van der Waals surface area (Å²) >= 11 is 1.76. The molecule has 31 heavy (non-hydrogen) atoms. The summed E-state index contributed by atoms with van der Waals surface area (Å²) in [6.45, 7) is 3.85. The summed E-state index contributed by atoms with van der Waals surface area (Å²) in [5.74, 6) is 2.34. The molecule has 0 bridgehead atoms. The minimum atomic E-state index is -0.0775. The van der Waals surface area contributed by atoms with Crippen LogP contribution >= 0.6 is 11.3 Å². The van der Waals surface area contributed by atoms with Crippen molar-refractivity contribution >= 4 is 23.2 Å². The van der Waals surface area contributed by atoms with Gasteiger partial charge in [0.1, 0.15) is 12.4 Å². The number of carbonyl (C=O) groups excluding carboxylic acids is 1. The predicted octanol–water partition coefficient (Wildman–Crippen LogP) is 2.07. The van der Waals surface area contributed by atoms with E-state index in [9.17, 15) is 4.79 Å². The van der Waals surface area contributed by atoms with Gasteiger partial charge in [0.15, 0.2) is 11.8 Å². The van der Waals surface area contributed by atoms with Crippen LogP contribution in [0.3, 0.4) is 0 Å². The highest BCUT2D eigenvalue weighted by molar-refractivity contribution is 7.09. The molecule has 0 aliphatic rings. The van der Waals surface area contributed by atoms with Gasteiger partial charge >= 0.3 is 0 Å².